The molecule has 0 atom stereocenters. The summed E-state index contributed by atoms with van der Waals surface area (Å²) in [4.78, 5) is 19.8. The van der Waals surface area contributed by atoms with Gasteiger partial charge in [0.15, 0.2) is 0 Å². The molecule has 0 saturated carbocycles. The van der Waals surface area contributed by atoms with Crippen molar-refractivity contribution in [3.63, 3.8) is 0 Å². The summed E-state index contributed by atoms with van der Waals surface area (Å²) in [5.74, 6) is 0. The second-order valence-corrected chi connectivity index (χ2v) is 5.31. The van der Waals surface area contributed by atoms with Crippen LogP contribution in [-0.2, 0) is 11.3 Å². The highest BCUT2D eigenvalue weighted by atomic mass is 35.5. The van der Waals surface area contributed by atoms with E-state index in [1.807, 2.05) is 42.5 Å². The number of halogens is 1. The van der Waals surface area contributed by atoms with Crippen LogP contribution in [0.15, 0.2) is 66.9 Å². The van der Waals surface area contributed by atoms with Crippen LogP contribution in [0.4, 0.5) is 10.5 Å². The van der Waals surface area contributed by atoms with Crippen molar-refractivity contribution in [1.29, 1.82) is 0 Å². The Morgan fingerprint density at radius 3 is 2.50 bits per heavy atom. The fraction of sp³-hybridized carbons (Fsp3) is 0.0556. The number of hydrogen-bond donors (Lipinski definition) is 1. The van der Waals surface area contributed by atoms with Crippen LogP contribution in [0.25, 0.3) is 11.3 Å². The summed E-state index contributed by atoms with van der Waals surface area (Å²) in [5, 5.41) is 2.88. The first-order valence-corrected chi connectivity index (χ1v) is 7.65. The summed E-state index contributed by atoms with van der Waals surface area (Å²) in [7, 11) is 0. The smallest absolute Gasteiger partial charge is 0.411 e. The minimum atomic E-state index is -0.503. The number of hydrogen-bond acceptors (Lipinski definition) is 4. The topological polar surface area (TPSA) is 64.1 Å². The molecule has 0 aliphatic rings. The lowest BCUT2D eigenvalue weighted by atomic mass is 10.1. The van der Waals surface area contributed by atoms with Crippen molar-refractivity contribution >= 4 is 23.4 Å². The molecule has 0 aliphatic heterocycles. The molecule has 5 nitrogen and oxygen atoms in total. The van der Waals surface area contributed by atoms with Gasteiger partial charge in [0.1, 0.15) is 6.61 Å². The van der Waals surface area contributed by atoms with Crippen LogP contribution in [0.5, 0.6) is 0 Å². The summed E-state index contributed by atoms with van der Waals surface area (Å²) in [6.45, 7) is 0.226. The highest BCUT2D eigenvalue weighted by molar-refractivity contribution is 6.28. The van der Waals surface area contributed by atoms with E-state index in [4.69, 9.17) is 16.3 Å². The molecule has 120 valence electrons. The van der Waals surface area contributed by atoms with Gasteiger partial charge in [-0.15, -0.1) is 0 Å². The lowest BCUT2D eigenvalue weighted by Crippen LogP contribution is -2.13. The van der Waals surface area contributed by atoms with Gasteiger partial charge in [0, 0.05) is 17.4 Å². The number of ether oxygens (including phenoxy) is 1. The molecule has 0 bridgehead atoms. The van der Waals surface area contributed by atoms with E-state index in [0.717, 1.165) is 11.1 Å². The molecule has 2 aromatic carbocycles. The van der Waals surface area contributed by atoms with Gasteiger partial charge in [-0.2, -0.15) is 0 Å². The molecule has 0 fully saturated rings. The highest BCUT2D eigenvalue weighted by Gasteiger charge is 2.05. The van der Waals surface area contributed by atoms with Crippen molar-refractivity contribution in [3.8, 4) is 11.3 Å². The number of amides is 1. The molecule has 1 amide bonds. The number of benzene rings is 2. The van der Waals surface area contributed by atoms with Gasteiger partial charge < -0.3 is 4.74 Å². The number of anilines is 1. The first-order chi connectivity index (χ1) is 11.7. The van der Waals surface area contributed by atoms with Gasteiger partial charge in [-0.25, -0.2) is 14.8 Å². The van der Waals surface area contributed by atoms with Crippen molar-refractivity contribution in [1.82, 2.24) is 9.97 Å². The Kier molecular flexibility index (Phi) is 5.03. The quantitative estimate of drug-likeness (QED) is 0.708. The second kappa shape index (κ2) is 7.57. The molecule has 1 heterocycles. The molecule has 1 aromatic heterocycles. The van der Waals surface area contributed by atoms with Gasteiger partial charge in [-0.1, -0.05) is 42.5 Å². The molecule has 3 aromatic rings. The van der Waals surface area contributed by atoms with Crippen LogP contribution < -0.4 is 5.32 Å². The average Bonchev–Trinajstić information content (AvgIpc) is 2.61. The number of carbonyl (C=O) groups is 1. The van der Waals surface area contributed by atoms with E-state index in [9.17, 15) is 4.79 Å². The number of nitrogens with zero attached hydrogens (tertiary/aromatic N) is 2. The predicted octanol–water partition coefficient (Wildman–Crippen LogP) is 4.55. The highest BCUT2D eigenvalue weighted by Crippen LogP contribution is 2.20. The number of carbonyl (C=O) groups excluding carboxylic acids is 1. The van der Waals surface area contributed by atoms with Crippen LogP contribution in [0.3, 0.4) is 0 Å². The lowest BCUT2D eigenvalue weighted by Gasteiger charge is -2.08. The van der Waals surface area contributed by atoms with Gasteiger partial charge in [-0.05, 0) is 35.4 Å². The summed E-state index contributed by atoms with van der Waals surface area (Å²) < 4.78 is 5.17. The van der Waals surface area contributed by atoms with E-state index in [0.29, 0.717) is 11.4 Å². The third-order valence-electron chi connectivity index (χ3n) is 3.27. The summed E-state index contributed by atoms with van der Waals surface area (Å²) in [6, 6.07) is 18.5. The lowest BCUT2D eigenvalue weighted by molar-refractivity contribution is 0.155. The van der Waals surface area contributed by atoms with Crippen LogP contribution in [-0.4, -0.2) is 16.1 Å². The van der Waals surface area contributed by atoms with E-state index in [1.165, 1.54) is 0 Å². The van der Waals surface area contributed by atoms with Gasteiger partial charge in [0.25, 0.3) is 0 Å². The van der Waals surface area contributed by atoms with Gasteiger partial charge in [0.05, 0.1) is 5.69 Å². The summed E-state index contributed by atoms with van der Waals surface area (Å²) >= 11 is 5.78. The molecule has 0 radical (unpaired) electrons. The third kappa shape index (κ3) is 4.30. The molecule has 0 unspecified atom stereocenters. The van der Waals surface area contributed by atoms with Crippen molar-refractivity contribution in [2.75, 3.05) is 5.32 Å². The number of aromatic nitrogens is 2. The Bertz CT molecular complexity index is 823. The largest absolute Gasteiger partial charge is 0.444 e. The fourth-order valence-corrected chi connectivity index (χ4v) is 2.24. The van der Waals surface area contributed by atoms with Crippen LogP contribution >= 0.6 is 11.6 Å². The number of nitrogens with one attached hydrogen (secondary N) is 1. The normalized spacial score (nSPS) is 10.2. The Labute approximate surface area is 144 Å². The summed E-state index contributed by atoms with van der Waals surface area (Å²) in [5.41, 5.74) is 3.16. The maximum absolute atomic E-state index is 11.8. The average molecular weight is 340 g/mol. The first kappa shape index (κ1) is 16.0. The van der Waals surface area contributed by atoms with Crippen molar-refractivity contribution < 1.29 is 9.53 Å². The molecule has 6 heteroatoms. The molecule has 24 heavy (non-hydrogen) atoms. The molecular formula is C18H14ClN3O2. The maximum Gasteiger partial charge on any atom is 0.411 e. The Hall–Kier alpha value is -2.92. The monoisotopic (exact) mass is 339 g/mol. The van der Waals surface area contributed by atoms with Crippen molar-refractivity contribution in [3.05, 3.63) is 77.7 Å². The number of rotatable bonds is 4. The van der Waals surface area contributed by atoms with Crippen molar-refractivity contribution in [2.45, 2.75) is 6.61 Å². The maximum atomic E-state index is 11.8. The second-order valence-electron chi connectivity index (χ2n) is 4.97. The molecule has 0 spiro atoms. The third-order valence-corrected chi connectivity index (χ3v) is 3.45. The SMILES string of the molecule is O=C(Nc1ccc(-c2ccnc(Cl)n2)cc1)OCc1ccccc1. The first-order valence-electron chi connectivity index (χ1n) is 7.27. The molecule has 3 rings (SSSR count). The Morgan fingerprint density at radius 1 is 1.04 bits per heavy atom. The Balaban J connectivity index is 1.58. The minimum absolute atomic E-state index is 0.194. The van der Waals surface area contributed by atoms with Crippen LogP contribution in [0, 0.1) is 0 Å². The van der Waals surface area contributed by atoms with E-state index >= 15 is 0 Å². The van der Waals surface area contributed by atoms with E-state index in [-0.39, 0.29) is 11.9 Å². The van der Waals surface area contributed by atoms with E-state index in [2.05, 4.69) is 15.3 Å². The zero-order valence-corrected chi connectivity index (χ0v) is 13.4. The fourth-order valence-electron chi connectivity index (χ4n) is 2.10. The molecular weight excluding hydrogens is 326 g/mol. The molecule has 0 saturated heterocycles. The van der Waals surface area contributed by atoms with Crippen molar-refractivity contribution in [2.24, 2.45) is 0 Å². The zero-order chi connectivity index (χ0) is 16.8. The predicted molar refractivity (Wildman–Crippen MR) is 92.7 cm³/mol. The van der Waals surface area contributed by atoms with E-state index < -0.39 is 6.09 Å². The zero-order valence-electron chi connectivity index (χ0n) is 12.6. The molecule has 0 aliphatic carbocycles. The minimum Gasteiger partial charge on any atom is -0.444 e. The Morgan fingerprint density at radius 2 is 1.79 bits per heavy atom. The summed E-state index contributed by atoms with van der Waals surface area (Å²) in [6.07, 6.45) is 1.09. The van der Waals surface area contributed by atoms with Crippen LogP contribution in [0.1, 0.15) is 5.56 Å². The van der Waals surface area contributed by atoms with Gasteiger partial charge in [0.2, 0.25) is 5.28 Å². The molecule has 1 N–H and O–H groups in total. The standard InChI is InChI=1S/C18H14ClN3O2/c19-17-20-11-10-16(22-17)14-6-8-15(9-7-14)21-18(23)24-12-13-4-2-1-3-5-13/h1-11H,12H2,(H,21,23). The van der Waals surface area contributed by atoms with Gasteiger partial charge in [-0.3, -0.25) is 5.32 Å². The van der Waals surface area contributed by atoms with E-state index in [1.54, 1.807) is 24.4 Å². The van der Waals surface area contributed by atoms with Crippen LogP contribution in [0.2, 0.25) is 5.28 Å². The van der Waals surface area contributed by atoms with Gasteiger partial charge >= 0.3 is 6.09 Å².